The molecule has 0 radical (unpaired) electrons. The maximum absolute atomic E-state index is 10.9. The summed E-state index contributed by atoms with van der Waals surface area (Å²) in [7, 11) is 0. The van der Waals surface area contributed by atoms with Gasteiger partial charge in [-0.15, -0.1) is 0 Å². The number of aryl methyl sites for hydroxylation is 1. The molecule has 4 nitrogen and oxygen atoms in total. The molecule has 0 bridgehead atoms. The van der Waals surface area contributed by atoms with Crippen LogP contribution in [0.3, 0.4) is 0 Å². The van der Waals surface area contributed by atoms with Crippen molar-refractivity contribution in [3.05, 3.63) is 33.9 Å². The molecule has 0 aromatic heterocycles. The number of anilines is 1. The van der Waals surface area contributed by atoms with E-state index in [9.17, 15) is 10.1 Å². The number of nitrogens with zero attached hydrogens (tertiary/aromatic N) is 1. The third-order valence-corrected chi connectivity index (χ3v) is 3.96. The van der Waals surface area contributed by atoms with Crippen molar-refractivity contribution in [1.82, 2.24) is 0 Å². The SMILES string of the molecule is Cc1ccc(NC2CC(C)CC(C)C2)cc1[N+](=O)[O-]. The quantitative estimate of drug-likeness (QED) is 0.658. The van der Waals surface area contributed by atoms with Gasteiger partial charge in [0, 0.05) is 23.4 Å². The Balaban J connectivity index is 2.10. The van der Waals surface area contributed by atoms with E-state index >= 15 is 0 Å². The van der Waals surface area contributed by atoms with Crippen molar-refractivity contribution >= 4 is 11.4 Å². The molecule has 1 N–H and O–H groups in total. The molecule has 0 heterocycles. The molecule has 2 unspecified atom stereocenters. The Bertz CT molecular complexity index is 463. The lowest BCUT2D eigenvalue weighted by Crippen LogP contribution is -2.30. The van der Waals surface area contributed by atoms with Crippen LogP contribution >= 0.6 is 0 Å². The third kappa shape index (κ3) is 3.46. The lowest BCUT2D eigenvalue weighted by atomic mass is 9.80. The normalized spacial score (nSPS) is 27.0. The highest BCUT2D eigenvalue weighted by molar-refractivity contribution is 5.55. The van der Waals surface area contributed by atoms with E-state index in [0.29, 0.717) is 11.6 Å². The maximum Gasteiger partial charge on any atom is 0.274 e. The summed E-state index contributed by atoms with van der Waals surface area (Å²) in [5.74, 6) is 1.45. The summed E-state index contributed by atoms with van der Waals surface area (Å²) < 4.78 is 0. The summed E-state index contributed by atoms with van der Waals surface area (Å²) in [4.78, 5) is 10.6. The van der Waals surface area contributed by atoms with E-state index in [0.717, 1.165) is 30.4 Å². The number of rotatable bonds is 3. The summed E-state index contributed by atoms with van der Waals surface area (Å²) in [6, 6.07) is 5.84. The second-order valence-electron chi connectivity index (χ2n) is 6.02. The molecule has 1 aromatic rings. The summed E-state index contributed by atoms with van der Waals surface area (Å²) in [6.45, 7) is 6.33. The van der Waals surface area contributed by atoms with Gasteiger partial charge in [-0.2, -0.15) is 0 Å². The molecule has 0 saturated heterocycles. The molecule has 1 aliphatic carbocycles. The van der Waals surface area contributed by atoms with Crippen LogP contribution in [-0.2, 0) is 0 Å². The molecule has 1 aromatic carbocycles. The fourth-order valence-corrected chi connectivity index (χ4v) is 3.20. The Hall–Kier alpha value is -1.58. The Morgan fingerprint density at radius 3 is 2.42 bits per heavy atom. The number of nitro benzene ring substituents is 1. The fourth-order valence-electron chi connectivity index (χ4n) is 3.20. The first kappa shape index (κ1) is 13.8. The number of benzene rings is 1. The molecule has 19 heavy (non-hydrogen) atoms. The van der Waals surface area contributed by atoms with Crippen LogP contribution in [0.1, 0.15) is 38.7 Å². The first-order valence-electron chi connectivity index (χ1n) is 6.97. The molecular formula is C15H22N2O2. The van der Waals surface area contributed by atoms with Crippen molar-refractivity contribution in [3.63, 3.8) is 0 Å². The molecular weight excluding hydrogens is 240 g/mol. The second kappa shape index (κ2) is 5.59. The zero-order valence-electron chi connectivity index (χ0n) is 11.8. The van der Waals surface area contributed by atoms with Crippen molar-refractivity contribution in [3.8, 4) is 0 Å². The molecule has 0 amide bonds. The van der Waals surface area contributed by atoms with Crippen molar-refractivity contribution in [1.29, 1.82) is 0 Å². The molecule has 0 aliphatic heterocycles. The lowest BCUT2D eigenvalue weighted by molar-refractivity contribution is -0.385. The zero-order chi connectivity index (χ0) is 14.0. The van der Waals surface area contributed by atoms with Gasteiger partial charge in [-0.05, 0) is 44.1 Å². The number of hydrogen-bond donors (Lipinski definition) is 1. The van der Waals surface area contributed by atoms with Crippen molar-refractivity contribution < 1.29 is 4.92 Å². The Morgan fingerprint density at radius 1 is 1.21 bits per heavy atom. The lowest BCUT2D eigenvalue weighted by Gasteiger charge is -2.32. The van der Waals surface area contributed by atoms with Crippen molar-refractivity contribution in [2.75, 3.05) is 5.32 Å². The zero-order valence-corrected chi connectivity index (χ0v) is 11.8. The van der Waals surface area contributed by atoms with E-state index in [1.54, 1.807) is 13.0 Å². The largest absolute Gasteiger partial charge is 0.382 e. The van der Waals surface area contributed by atoms with Gasteiger partial charge in [0.25, 0.3) is 5.69 Å². The standard InChI is InChI=1S/C15H22N2O2/c1-10-6-11(2)8-14(7-10)16-13-5-4-12(3)15(9-13)17(18)19/h4-5,9-11,14,16H,6-8H2,1-3H3. The summed E-state index contributed by atoms with van der Waals surface area (Å²) >= 11 is 0. The van der Waals surface area contributed by atoms with Crippen LogP contribution in [0, 0.1) is 28.9 Å². The average molecular weight is 262 g/mol. The summed E-state index contributed by atoms with van der Waals surface area (Å²) in [5.41, 5.74) is 1.77. The molecule has 4 heteroatoms. The Kier molecular flexibility index (Phi) is 4.08. The minimum atomic E-state index is -0.313. The first-order valence-corrected chi connectivity index (χ1v) is 6.97. The fraction of sp³-hybridized carbons (Fsp3) is 0.600. The van der Waals surface area contributed by atoms with Gasteiger partial charge in [-0.3, -0.25) is 10.1 Å². The van der Waals surface area contributed by atoms with Gasteiger partial charge in [0.2, 0.25) is 0 Å². The van der Waals surface area contributed by atoms with E-state index in [1.165, 1.54) is 6.42 Å². The monoisotopic (exact) mass is 262 g/mol. The highest BCUT2D eigenvalue weighted by Crippen LogP contribution is 2.31. The van der Waals surface area contributed by atoms with Gasteiger partial charge in [0.05, 0.1) is 4.92 Å². The average Bonchev–Trinajstić information content (AvgIpc) is 2.30. The molecule has 2 rings (SSSR count). The first-order chi connectivity index (χ1) is 8.95. The van der Waals surface area contributed by atoms with Crippen LogP contribution in [0.4, 0.5) is 11.4 Å². The predicted octanol–water partition coefficient (Wildman–Crippen LogP) is 4.14. The minimum absolute atomic E-state index is 0.196. The van der Waals surface area contributed by atoms with E-state index in [-0.39, 0.29) is 10.6 Å². The molecule has 104 valence electrons. The molecule has 2 atom stereocenters. The molecule has 1 aliphatic rings. The smallest absolute Gasteiger partial charge is 0.274 e. The van der Waals surface area contributed by atoms with Crippen LogP contribution in [-0.4, -0.2) is 11.0 Å². The van der Waals surface area contributed by atoms with Gasteiger partial charge < -0.3 is 5.32 Å². The van der Waals surface area contributed by atoms with Gasteiger partial charge in [-0.25, -0.2) is 0 Å². The Morgan fingerprint density at radius 2 is 1.84 bits per heavy atom. The van der Waals surface area contributed by atoms with Gasteiger partial charge in [0.1, 0.15) is 0 Å². The summed E-state index contributed by atoms with van der Waals surface area (Å²) in [6.07, 6.45) is 3.57. The van der Waals surface area contributed by atoms with E-state index in [1.807, 2.05) is 12.1 Å². The topological polar surface area (TPSA) is 55.2 Å². The van der Waals surface area contributed by atoms with Gasteiger partial charge in [-0.1, -0.05) is 19.9 Å². The third-order valence-electron chi connectivity index (χ3n) is 3.96. The van der Waals surface area contributed by atoms with Crippen LogP contribution in [0.2, 0.25) is 0 Å². The van der Waals surface area contributed by atoms with Crippen LogP contribution < -0.4 is 5.32 Å². The number of nitro groups is 1. The Labute approximate surface area is 114 Å². The van der Waals surface area contributed by atoms with E-state index in [4.69, 9.17) is 0 Å². The molecule has 1 fully saturated rings. The highest BCUT2D eigenvalue weighted by atomic mass is 16.6. The minimum Gasteiger partial charge on any atom is -0.382 e. The van der Waals surface area contributed by atoms with Gasteiger partial charge >= 0.3 is 0 Å². The van der Waals surface area contributed by atoms with Crippen LogP contribution in [0.25, 0.3) is 0 Å². The van der Waals surface area contributed by atoms with Crippen LogP contribution in [0.15, 0.2) is 18.2 Å². The van der Waals surface area contributed by atoms with E-state index in [2.05, 4.69) is 19.2 Å². The van der Waals surface area contributed by atoms with Crippen molar-refractivity contribution in [2.45, 2.75) is 46.1 Å². The predicted molar refractivity (Wildman–Crippen MR) is 77.4 cm³/mol. The molecule has 0 spiro atoms. The van der Waals surface area contributed by atoms with Crippen LogP contribution in [0.5, 0.6) is 0 Å². The highest BCUT2D eigenvalue weighted by Gasteiger charge is 2.24. The number of nitrogens with one attached hydrogen (secondary N) is 1. The molecule has 1 saturated carbocycles. The summed E-state index contributed by atoms with van der Waals surface area (Å²) in [5, 5.41) is 14.4. The van der Waals surface area contributed by atoms with E-state index < -0.39 is 0 Å². The second-order valence-corrected chi connectivity index (χ2v) is 6.02. The van der Waals surface area contributed by atoms with Gasteiger partial charge in [0.15, 0.2) is 0 Å². The number of hydrogen-bond acceptors (Lipinski definition) is 3. The van der Waals surface area contributed by atoms with Crippen molar-refractivity contribution in [2.24, 2.45) is 11.8 Å². The maximum atomic E-state index is 10.9.